The van der Waals surface area contributed by atoms with Crippen LogP contribution in [0.5, 0.6) is 0 Å². The van der Waals surface area contributed by atoms with Crippen molar-refractivity contribution < 1.29 is 14.3 Å². The molecule has 0 aromatic carbocycles. The summed E-state index contributed by atoms with van der Waals surface area (Å²) in [5.41, 5.74) is -0.263. The molecule has 0 aromatic rings. The van der Waals surface area contributed by atoms with Gasteiger partial charge in [-0.2, -0.15) is 0 Å². The van der Waals surface area contributed by atoms with Gasteiger partial charge in [0.25, 0.3) is 0 Å². The zero-order chi connectivity index (χ0) is 10.5. The molecule has 2 aliphatic rings. The highest BCUT2D eigenvalue weighted by Gasteiger charge is 2.59. The molecular formula is C10H15NO3. The fourth-order valence-corrected chi connectivity index (χ4v) is 2.71. The number of ether oxygens (including phenoxy) is 1. The quantitative estimate of drug-likeness (QED) is 0.564. The number of nitrogens with zero attached hydrogens (tertiary/aromatic N) is 1. The van der Waals surface area contributed by atoms with E-state index in [-0.39, 0.29) is 29.6 Å². The summed E-state index contributed by atoms with van der Waals surface area (Å²) < 4.78 is 5.61. The molecule has 2 aliphatic heterocycles. The molecule has 2 saturated heterocycles. The van der Waals surface area contributed by atoms with Gasteiger partial charge in [0, 0.05) is 19.4 Å². The Morgan fingerprint density at radius 1 is 1.57 bits per heavy atom. The van der Waals surface area contributed by atoms with Gasteiger partial charge >= 0.3 is 0 Å². The summed E-state index contributed by atoms with van der Waals surface area (Å²) in [7, 11) is 0. The first-order valence-corrected chi connectivity index (χ1v) is 4.87. The molecule has 4 heteroatoms. The van der Waals surface area contributed by atoms with Crippen molar-refractivity contribution in [3.8, 4) is 0 Å². The third-order valence-corrected chi connectivity index (χ3v) is 3.31. The fraction of sp³-hybridized carbons (Fsp3) is 0.800. The van der Waals surface area contributed by atoms with Gasteiger partial charge in [-0.25, -0.2) is 0 Å². The smallest absolute Gasteiger partial charge is 0.220 e. The topological polar surface area (TPSA) is 46.6 Å². The van der Waals surface area contributed by atoms with Crippen molar-refractivity contribution in [2.75, 3.05) is 6.54 Å². The van der Waals surface area contributed by atoms with E-state index in [9.17, 15) is 9.59 Å². The number of amides is 1. The summed E-state index contributed by atoms with van der Waals surface area (Å²) in [6.45, 7) is 5.99. The lowest BCUT2D eigenvalue weighted by atomic mass is 9.78. The molecule has 0 radical (unpaired) electrons. The van der Waals surface area contributed by atoms with E-state index in [1.165, 1.54) is 6.92 Å². The highest BCUT2D eigenvalue weighted by Crippen LogP contribution is 2.46. The lowest BCUT2D eigenvalue weighted by Crippen LogP contribution is -2.58. The SMILES string of the molecule is CC(=O)N1C[C@@H]2OC(C)(C)[C@@H]2[C@H]1C=O. The number of carbonyl (C=O) groups excluding carboxylic acids is 2. The first-order chi connectivity index (χ1) is 6.47. The summed E-state index contributed by atoms with van der Waals surface area (Å²) in [4.78, 5) is 23.8. The Morgan fingerprint density at radius 3 is 2.64 bits per heavy atom. The van der Waals surface area contributed by atoms with Gasteiger partial charge in [-0.15, -0.1) is 0 Å². The average Bonchev–Trinajstić information content (AvgIpc) is 2.38. The van der Waals surface area contributed by atoms with E-state index >= 15 is 0 Å². The normalized spacial score (nSPS) is 38.8. The number of aldehydes is 1. The summed E-state index contributed by atoms with van der Waals surface area (Å²) in [6, 6.07) is -0.291. The van der Waals surface area contributed by atoms with Crippen LogP contribution in [0.4, 0.5) is 0 Å². The van der Waals surface area contributed by atoms with Crippen LogP contribution in [0.1, 0.15) is 20.8 Å². The summed E-state index contributed by atoms with van der Waals surface area (Å²) in [6.07, 6.45) is 0.931. The maximum absolute atomic E-state index is 11.3. The van der Waals surface area contributed by atoms with Crippen molar-refractivity contribution in [1.82, 2.24) is 4.90 Å². The molecule has 3 atom stereocenters. The first kappa shape index (κ1) is 9.65. The van der Waals surface area contributed by atoms with Crippen LogP contribution in [-0.2, 0) is 14.3 Å². The second-order valence-corrected chi connectivity index (χ2v) is 4.58. The predicted octanol–water partition coefficient (Wildman–Crippen LogP) is 0.210. The minimum atomic E-state index is -0.291. The Morgan fingerprint density at radius 2 is 2.21 bits per heavy atom. The van der Waals surface area contributed by atoms with Gasteiger partial charge in [0.05, 0.1) is 17.7 Å². The number of carbonyl (C=O) groups is 2. The summed E-state index contributed by atoms with van der Waals surface area (Å²) in [5.74, 6) is 0.125. The Labute approximate surface area is 83.2 Å². The van der Waals surface area contributed by atoms with E-state index in [0.717, 1.165) is 6.29 Å². The average molecular weight is 197 g/mol. The van der Waals surface area contributed by atoms with Crippen LogP contribution in [0.3, 0.4) is 0 Å². The van der Waals surface area contributed by atoms with Crippen molar-refractivity contribution >= 4 is 12.2 Å². The molecule has 2 rings (SSSR count). The van der Waals surface area contributed by atoms with E-state index in [4.69, 9.17) is 4.74 Å². The molecule has 0 aromatic heterocycles. The van der Waals surface area contributed by atoms with Crippen molar-refractivity contribution in [1.29, 1.82) is 0 Å². The van der Waals surface area contributed by atoms with Crippen LogP contribution < -0.4 is 0 Å². The zero-order valence-electron chi connectivity index (χ0n) is 8.69. The van der Waals surface area contributed by atoms with Gasteiger partial charge in [-0.05, 0) is 13.8 Å². The molecule has 0 aliphatic carbocycles. The molecule has 0 bridgehead atoms. The molecule has 0 N–H and O–H groups in total. The van der Waals surface area contributed by atoms with Gasteiger partial charge in [0.1, 0.15) is 6.29 Å². The third kappa shape index (κ3) is 1.10. The van der Waals surface area contributed by atoms with E-state index in [0.29, 0.717) is 6.54 Å². The Kier molecular flexibility index (Phi) is 1.93. The van der Waals surface area contributed by atoms with Crippen LogP contribution in [0.2, 0.25) is 0 Å². The van der Waals surface area contributed by atoms with Crippen molar-refractivity contribution in [2.45, 2.75) is 38.5 Å². The first-order valence-electron chi connectivity index (χ1n) is 4.87. The Bertz CT molecular complexity index is 287. The molecule has 1 amide bonds. The van der Waals surface area contributed by atoms with Gasteiger partial charge in [-0.3, -0.25) is 4.79 Å². The van der Waals surface area contributed by atoms with Gasteiger partial charge in [0.2, 0.25) is 5.91 Å². The van der Waals surface area contributed by atoms with Crippen LogP contribution in [0, 0.1) is 5.92 Å². The third-order valence-electron chi connectivity index (χ3n) is 3.31. The van der Waals surface area contributed by atoms with Crippen molar-refractivity contribution in [3.63, 3.8) is 0 Å². The number of fused-ring (bicyclic) bond motifs is 1. The van der Waals surface area contributed by atoms with E-state index in [2.05, 4.69) is 0 Å². The maximum atomic E-state index is 11.3. The second kappa shape index (κ2) is 2.79. The summed E-state index contributed by atoms with van der Waals surface area (Å²) >= 11 is 0. The molecule has 0 saturated carbocycles. The summed E-state index contributed by atoms with van der Waals surface area (Å²) in [5, 5.41) is 0. The zero-order valence-corrected chi connectivity index (χ0v) is 8.69. The lowest BCUT2D eigenvalue weighted by Gasteiger charge is -2.48. The van der Waals surface area contributed by atoms with Crippen LogP contribution >= 0.6 is 0 Å². The van der Waals surface area contributed by atoms with Gasteiger partial charge < -0.3 is 14.4 Å². The minimum Gasteiger partial charge on any atom is -0.370 e. The second-order valence-electron chi connectivity index (χ2n) is 4.58. The molecule has 14 heavy (non-hydrogen) atoms. The largest absolute Gasteiger partial charge is 0.370 e. The van der Waals surface area contributed by atoms with E-state index < -0.39 is 0 Å². The molecular weight excluding hydrogens is 182 g/mol. The van der Waals surface area contributed by atoms with Gasteiger partial charge in [0.15, 0.2) is 0 Å². The standard InChI is InChI=1S/C10H15NO3/c1-6(13)11-4-8-9(7(11)5-12)10(2,3)14-8/h5,7-9H,4H2,1-3H3/t7-,8+,9-/m1/s1. The van der Waals surface area contributed by atoms with Crippen LogP contribution in [0.15, 0.2) is 0 Å². The highest BCUT2D eigenvalue weighted by molar-refractivity contribution is 5.79. The maximum Gasteiger partial charge on any atom is 0.220 e. The van der Waals surface area contributed by atoms with Crippen molar-refractivity contribution in [2.24, 2.45) is 5.92 Å². The number of hydrogen-bond donors (Lipinski definition) is 0. The van der Waals surface area contributed by atoms with Gasteiger partial charge in [-0.1, -0.05) is 0 Å². The highest BCUT2D eigenvalue weighted by atomic mass is 16.5. The molecule has 4 nitrogen and oxygen atoms in total. The predicted molar refractivity (Wildman–Crippen MR) is 49.7 cm³/mol. The molecule has 2 fully saturated rings. The van der Waals surface area contributed by atoms with Crippen LogP contribution in [-0.4, -0.2) is 41.4 Å². The number of likely N-dealkylation sites (tertiary alicyclic amines) is 1. The molecule has 2 heterocycles. The molecule has 0 unspecified atom stereocenters. The Hall–Kier alpha value is -0.900. The molecule has 78 valence electrons. The number of rotatable bonds is 1. The van der Waals surface area contributed by atoms with E-state index in [1.807, 2.05) is 13.8 Å². The number of hydrogen-bond acceptors (Lipinski definition) is 3. The monoisotopic (exact) mass is 197 g/mol. The minimum absolute atomic E-state index is 0.0455. The fourth-order valence-electron chi connectivity index (χ4n) is 2.71. The van der Waals surface area contributed by atoms with Crippen LogP contribution in [0.25, 0.3) is 0 Å². The lowest BCUT2D eigenvalue weighted by molar-refractivity contribution is -0.224. The van der Waals surface area contributed by atoms with Crippen molar-refractivity contribution in [3.05, 3.63) is 0 Å². The van der Waals surface area contributed by atoms with E-state index in [1.54, 1.807) is 4.90 Å². The Balaban J connectivity index is 2.22. The molecule has 0 spiro atoms.